The van der Waals surface area contributed by atoms with Crippen LogP contribution >= 0.6 is 0 Å². The number of hydrogen-bond acceptors (Lipinski definition) is 1. The molecule has 45 heavy (non-hydrogen) atoms. The van der Waals surface area contributed by atoms with E-state index in [0.717, 1.165) is 19.3 Å². The molecular formula is C43H82O2. The number of carboxylic acids is 1. The quantitative estimate of drug-likeness (QED) is 0.0418. The van der Waals surface area contributed by atoms with Crippen LogP contribution in [0.4, 0.5) is 0 Å². The lowest BCUT2D eigenvalue weighted by Gasteiger charge is -2.04. The molecule has 0 amide bonds. The number of rotatable bonds is 38. The number of aliphatic carboxylic acids is 1. The third-order valence-electron chi connectivity index (χ3n) is 9.73. The fourth-order valence-electron chi connectivity index (χ4n) is 6.57. The van der Waals surface area contributed by atoms with E-state index in [1.54, 1.807) is 0 Å². The second kappa shape index (κ2) is 39.1. The van der Waals surface area contributed by atoms with Crippen molar-refractivity contribution in [2.75, 3.05) is 0 Å². The molecule has 2 nitrogen and oxygen atoms in total. The van der Waals surface area contributed by atoms with Gasteiger partial charge in [0.2, 0.25) is 0 Å². The molecule has 0 aromatic carbocycles. The van der Waals surface area contributed by atoms with Crippen molar-refractivity contribution in [1.82, 2.24) is 0 Å². The molecule has 0 bridgehead atoms. The van der Waals surface area contributed by atoms with E-state index < -0.39 is 5.97 Å². The minimum atomic E-state index is -0.742. The van der Waals surface area contributed by atoms with E-state index in [0.29, 0.717) is 12.0 Å². The monoisotopic (exact) mass is 631 g/mol. The molecule has 0 aliphatic heterocycles. The van der Waals surface area contributed by atoms with E-state index in [9.17, 15) is 9.90 Å². The molecule has 0 saturated heterocycles. The minimum Gasteiger partial charge on any atom is -0.478 e. The van der Waals surface area contributed by atoms with Crippen LogP contribution in [0.15, 0.2) is 23.8 Å². The Labute approximate surface area is 284 Å². The number of allylic oxidation sites excluding steroid dienone is 3. The molecule has 0 aromatic rings. The maximum atomic E-state index is 11.6. The van der Waals surface area contributed by atoms with Gasteiger partial charge in [0.15, 0.2) is 0 Å². The average molecular weight is 631 g/mol. The van der Waals surface area contributed by atoms with Gasteiger partial charge in [0.1, 0.15) is 0 Å². The summed E-state index contributed by atoms with van der Waals surface area (Å²) in [5, 5.41) is 9.56. The highest BCUT2D eigenvalue weighted by Gasteiger charge is 2.05. The van der Waals surface area contributed by atoms with Crippen molar-refractivity contribution in [1.29, 1.82) is 0 Å². The first-order valence-corrected chi connectivity index (χ1v) is 20.8. The molecule has 0 spiro atoms. The molecule has 0 rings (SSSR count). The summed E-state index contributed by atoms with van der Waals surface area (Å²) < 4.78 is 0. The summed E-state index contributed by atoms with van der Waals surface area (Å²) in [7, 11) is 0. The normalized spacial score (nSPS) is 12.1. The highest BCUT2D eigenvalue weighted by Crippen LogP contribution is 2.17. The predicted octanol–water partition coefficient (Wildman–Crippen LogP) is 15.6. The van der Waals surface area contributed by atoms with Crippen molar-refractivity contribution in [3.63, 3.8) is 0 Å². The lowest BCUT2D eigenvalue weighted by Crippen LogP contribution is -2.00. The van der Waals surface area contributed by atoms with E-state index >= 15 is 0 Å². The summed E-state index contributed by atoms with van der Waals surface area (Å²) in [6, 6.07) is 0. The van der Waals surface area contributed by atoms with Gasteiger partial charge in [0.25, 0.3) is 0 Å². The van der Waals surface area contributed by atoms with Crippen LogP contribution in [0.25, 0.3) is 0 Å². The molecule has 0 saturated carbocycles. The predicted molar refractivity (Wildman–Crippen MR) is 202 cm³/mol. The van der Waals surface area contributed by atoms with Crippen LogP contribution in [0.3, 0.4) is 0 Å². The molecule has 0 aliphatic rings. The zero-order valence-corrected chi connectivity index (χ0v) is 31.0. The van der Waals surface area contributed by atoms with Gasteiger partial charge in [0, 0.05) is 5.57 Å². The largest absolute Gasteiger partial charge is 0.478 e. The zero-order chi connectivity index (χ0) is 32.7. The molecule has 0 aromatic heterocycles. The summed E-state index contributed by atoms with van der Waals surface area (Å²) in [5.74, 6) is -0.742. The van der Waals surface area contributed by atoms with Crippen molar-refractivity contribution < 1.29 is 9.90 Å². The standard InChI is InChI=1S/C43H82O2/c1-3-5-7-9-11-13-15-17-19-21-22-23-24-25-27-29-31-33-35-37-39-41-42(43(44)45)40-38-36-34-32-30-28-26-20-18-16-14-12-10-8-6-4-2/h36,38,40H,3-35,37,39,41H2,1-2H3,(H,44,45). The van der Waals surface area contributed by atoms with E-state index in [4.69, 9.17) is 0 Å². The molecule has 0 radical (unpaired) electrons. The second-order valence-corrected chi connectivity index (χ2v) is 14.3. The molecule has 266 valence electrons. The summed E-state index contributed by atoms with van der Waals surface area (Å²) in [6.07, 6.45) is 54.7. The zero-order valence-electron chi connectivity index (χ0n) is 31.0. The summed E-state index contributed by atoms with van der Waals surface area (Å²) in [6.45, 7) is 4.58. The van der Waals surface area contributed by atoms with E-state index in [-0.39, 0.29) is 0 Å². The van der Waals surface area contributed by atoms with Crippen molar-refractivity contribution in [2.45, 2.75) is 245 Å². The Bertz CT molecular complexity index is 634. The molecular weight excluding hydrogens is 548 g/mol. The Hall–Kier alpha value is -1.05. The molecule has 0 heterocycles. The molecule has 2 heteroatoms. The van der Waals surface area contributed by atoms with Gasteiger partial charge in [-0.05, 0) is 25.7 Å². The van der Waals surface area contributed by atoms with Gasteiger partial charge in [-0.3, -0.25) is 0 Å². The molecule has 0 aliphatic carbocycles. The highest BCUT2D eigenvalue weighted by atomic mass is 16.4. The summed E-state index contributed by atoms with van der Waals surface area (Å²) in [4.78, 5) is 11.6. The Morgan fingerprint density at radius 1 is 0.400 bits per heavy atom. The topological polar surface area (TPSA) is 37.3 Å². The van der Waals surface area contributed by atoms with E-state index in [1.807, 2.05) is 12.2 Å². The first kappa shape index (κ1) is 43.9. The number of hydrogen-bond donors (Lipinski definition) is 1. The van der Waals surface area contributed by atoms with Gasteiger partial charge < -0.3 is 5.11 Å². The lowest BCUT2D eigenvalue weighted by atomic mass is 10.0. The van der Waals surface area contributed by atoms with Crippen molar-refractivity contribution >= 4 is 5.97 Å². The molecule has 0 atom stereocenters. The first-order chi connectivity index (χ1) is 22.2. The Balaban J connectivity index is 3.47. The fourth-order valence-corrected chi connectivity index (χ4v) is 6.57. The first-order valence-electron chi connectivity index (χ1n) is 20.8. The third-order valence-corrected chi connectivity index (χ3v) is 9.73. The van der Waals surface area contributed by atoms with Crippen LogP contribution in [0.1, 0.15) is 245 Å². The minimum absolute atomic E-state index is 0.578. The lowest BCUT2D eigenvalue weighted by molar-refractivity contribution is -0.132. The number of carbonyl (C=O) groups is 1. The van der Waals surface area contributed by atoms with E-state index in [1.165, 1.54) is 205 Å². The number of carboxylic acid groups (broad SMARTS) is 1. The van der Waals surface area contributed by atoms with Gasteiger partial charge in [0.05, 0.1) is 0 Å². The highest BCUT2D eigenvalue weighted by molar-refractivity contribution is 5.86. The van der Waals surface area contributed by atoms with Crippen LogP contribution in [0.5, 0.6) is 0 Å². The maximum Gasteiger partial charge on any atom is 0.331 e. The third kappa shape index (κ3) is 37.3. The summed E-state index contributed by atoms with van der Waals surface area (Å²) >= 11 is 0. The Morgan fingerprint density at radius 2 is 0.667 bits per heavy atom. The van der Waals surface area contributed by atoms with Crippen LogP contribution in [0.2, 0.25) is 0 Å². The molecule has 0 fully saturated rings. The van der Waals surface area contributed by atoms with Gasteiger partial charge in [-0.25, -0.2) is 4.79 Å². The van der Waals surface area contributed by atoms with Crippen molar-refractivity contribution in [3.8, 4) is 0 Å². The smallest absolute Gasteiger partial charge is 0.331 e. The van der Waals surface area contributed by atoms with Gasteiger partial charge in [-0.1, -0.05) is 238 Å². The second-order valence-electron chi connectivity index (χ2n) is 14.3. The van der Waals surface area contributed by atoms with Gasteiger partial charge in [-0.2, -0.15) is 0 Å². The summed E-state index contributed by atoms with van der Waals surface area (Å²) in [5.41, 5.74) is 0.578. The van der Waals surface area contributed by atoms with Gasteiger partial charge >= 0.3 is 5.97 Å². The molecule has 1 N–H and O–H groups in total. The number of unbranched alkanes of at least 4 members (excludes halogenated alkanes) is 33. The van der Waals surface area contributed by atoms with Crippen molar-refractivity contribution in [3.05, 3.63) is 23.8 Å². The van der Waals surface area contributed by atoms with Crippen LogP contribution in [0, 0.1) is 0 Å². The van der Waals surface area contributed by atoms with Crippen molar-refractivity contribution in [2.24, 2.45) is 0 Å². The fraction of sp³-hybridized carbons (Fsp3) is 0.884. The molecule has 0 unspecified atom stereocenters. The van der Waals surface area contributed by atoms with Gasteiger partial charge in [-0.15, -0.1) is 0 Å². The average Bonchev–Trinajstić information content (AvgIpc) is 3.04. The maximum absolute atomic E-state index is 11.6. The van der Waals surface area contributed by atoms with E-state index in [2.05, 4.69) is 19.9 Å². The van der Waals surface area contributed by atoms with Crippen LogP contribution < -0.4 is 0 Å². The SMILES string of the molecule is CCCCCCCCCCCCCCCC=CC=C(CCCCCCCCCCCCCCCCCCCCCCC)C(=O)O. The Kier molecular flexibility index (Phi) is 38.2. The van der Waals surface area contributed by atoms with Crippen LogP contribution in [-0.4, -0.2) is 11.1 Å². The Morgan fingerprint density at radius 3 is 0.956 bits per heavy atom. The van der Waals surface area contributed by atoms with Crippen LogP contribution in [-0.2, 0) is 4.79 Å².